The summed E-state index contributed by atoms with van der Waals surface area (Å²) in [7, 11) is 6.96. The molecule has 0 unspecified atom stereocenters. The second-order valence-electron chi connectivity index (χ2n) is 7.42. The minimum atomic E-state index is -0.424. The van der Waals surface area contributed by atoms with Crippen molar-refractivity contribution in [1.29, 1.82) is 0 Å². The highest BCUT2D eigenvalue weighted by Gasteiger charge is 2.29. The third kappa shape index (κ3) is 12.6. The Morgan fingerprint density at radius 3 is 2.35 bits per heavy atom. The maximum Gasteiger partial charge on any atom is 0.307 e. The molecule has 0 saturated carbocycles. The number of hydrogen-bond donors (Lipinski definition) is 2. The maximum absolute atomic E-state index is 11.8. The van der Waals surface area contributed by atoms with Crippen LogP contribution in [-0.4, -0.2) is 52.6 Å². The lowest BCUT2D eigenvalue weighted by Crippen LogP contribution is -2.42. The van der Waals surface area contributed by atoms with E-state index in [0.717, 1.165) is 43.1 Å². The van der Waals surface area contributed by atoms with Gasteiger partial charge in [-0.25, -0.2) is 0 Å². The molecular weight excluding hydrogens is 408 g/mol. The standard InChI is InChI=1S/C17H32N2O3S4/c1-16(2,3)22-15(21)7-11-24-23-10-6-14(20)19-9-5-4-8-17(18)12-25-26-13-17/h4-13,18H2,1-3H3,(H,19,20). The van der Waals surface area contributed by atoms with Crippen molar-refractivity contribution >= 4 is 55.1 Å². The number of hydrogen-bond acceptors (Lipinski definition) is 8. The summed E-state index contributed by atoms with van der Waals surface area (Å²) in [5.74, 6) is 3.46. The van der Waals surface area contributed by atoms with Gasteiger partial charge in [-0.1, -0.05) is 43.2 Å². The van der Waals surface area contributed by atoms with E-state index in [0.29, 0.717) is 18.6 Å². The van der Waals surface area contributed by atoms with Gasteiger partial charge in [0.1, 0.15) is 5.60 Å². The summed E-state index contributed by atoms with van der Waals surface area (Å²) in [6, 6.07) is 0. The zero-order chi connectivity index (χ0) is 19.5. The second kappa shape index (κ2) is 12.7. The molecule has 26 heavy (non-hydrogen) atoms. The van der Waals surface area contributed by atoms with Gasteiger partial charge in [-0.3, -0.25) is 9.59 Å². The molecule has 0 aliphatic carbocycles. The summed E-state index contributed by atoms with van der Waals surface area (Å²) in [5.41, 5.74) is 5.86. The lowest BCUT2D eigenvalue weighted by atomic mass is 9.98. The van der Waals surface area contributed by atoms with Gasteiger partial charge in [0.15, 0.2) is 0 Å². The van der Waals surface area contributed by atoms with Crippen LogP contribution < -0.4 is 11.1 Å². The Morgan fingerprint density at radius 2 is 1.73 bits per heavy atom. The molecule has 9 heteroatoms. The molecule has 1 heterocycles. The normalized spacial score (nSPS) is 16.5. The van der Waals surface area contributed by atoms with E-state index in [1.165, 1.54) is 0 Å². The minimum absolute atomic E-state index is 0.00743. The third-order valence-corrected chi connectivity index (χ3v) is 8.67. The summed E-state index contributed by atoms with van der Waals surface area (Å²) in [5, 5.41) is 2.97. The average molecular weight is 441 g/mol. The van der Waals surface area contributed by atoms with Crippen LogP contribution in [0.25, 0.3) is 0 Å². The summed E-state index contributed by atoms with van der Waals surface area (Å²) in [6.07, 6.45) is 4.00. The Hall–Kier alpha value is 0.300. The molecule has 0 aromatic carbocycles. The topological polar surface area (TPSA) is 81.4 Å². The van der Waals surface area contributed by atoms with E-state index in [1.807, 2.05) is 42.4 Å². The zero-order valence-electron chi connectivity index (χ0n) is 16.0. The summed E-state index contributed by atoms with van der Waals surface area (Å²) >= 11 is 0. The van der Waals surface area contributed by atoms with Crippen molar-refractivity contribution in [2.75, 3.05) is 29.6 Å². The van der Waals surface area contributed by atoms with Gasteiger partial charge >= 0.3 is 5.97 Å². The van der Waals surface area contributed by atoms with Gasteiger partial charge in [0, 0.05) is 41.5 Å². The molecule has 0 bridgehead atoms. The molecule has 3 N–H and O–H groups in total. The highest BCUT2D eigenvalue weighted by atomic mass is 33.1. The van der Waals surface area contributed by atoms with Crippen molar-refractivity contribution in [1.82, 2.24) is 5.32 Å². The molecule has 1 fully saturated rings. The van der Waals surface area contributed by atoms with Crippen LogP contribution in [-0.2, 0) is 14.3 Å². The largest absolute Gasteiger partial charge is 0.460 e. The Bertz CT molecular complexity index is 438. The molecule has 1 aliphatic heterocycles. The molecule has 1 aliphatic rings. The van der Waals surface area contributed by atoms with Gasteiger partial charge in [-0.05, 0) is 40.0 Å². The minimum Gasteiger partial charge on any atom is -0.460 e. The molecule has 0 aromatic heterocycles. The molecule has 1 saturated heterocycles. The van der Waals surface area contributed by atoms with Gasteiger partial charge in [0.25, 0.3) is 0 Å². The van der Waals surface area contributed by atoms with Crippen LogP contribution in [0.1, 0.15) is 52.9 Å². The van der Waals surface area contributed by atoms with Crippen molar-refractivity contribution in [3.05, 3.63) is 0 Å². The van der Waals surface area contributed by atoms with E-state index in [2.05, 4.69) is 5.32 Å². The van der Waals surface area contributed by atoms with Gasteiger partial charge in [-0.15, -0.1) is 0 Å². The Kier molecular flexibility index (Phi) is 11.9. The quantitative estimate of drug-likeness (QED) is 0.269. The van der Waals surface area contributed by atoms with E-state index in [9.17, 15) is 9.59 Å². The van der Waals surface area contributed by atoms with Gasteiger partial charge in [0.05, 0.1) is 6.42 Å². The molecule has 0 spiro atoms. The molecule has 0 radical (unpaired) electrons. The van der Waals surface area contributed by atoms with Crippen LogP contribution in [0.2, 0.25) is 0 Å². The smallest absolute Gasteiger partial charge is 0.307 e. The first-order valence-corrected chi connectivity index (χ1v) is 13.9. The number of rotatable bonds is 12. The predicted molar refractivity (Wildman–Crippen MR) is 119 cm³/mol. The van der Waals surface area contributed by atoms with Crippen molar-refractivity contribution in [3.63, 3.8) is 0 Å². The van der Waals surface area contributed by atoms with Crippen LogP contribution in [0.3, 0.4) is 0 Å². The first-order valence-electron chi connectivity index (χ1n) is 8.96. The Labute approximate surface area is 173 Å². The summed E-state index contributed by atoms with van der Waals surface area (Å²) in [4.78, 5) is 23.3. The van der Waals surface area contributed by atoms with Gasteiger partial charge in [-0.2, -0.15) is 0 Å². The first-order chi connectivity index (χ1) is 12.2. The molecule has 0 atom stereocenters. The summed E-state index contributed by atoms with van der Waals surface area (Å²) < 4.78 is 5.25. The number of nitrogens with one attached hydrogen (secondary N) is 1. The number of amides is 1. The monoisotopic (exact) mass is 440 g/mol. The fourth-order valence-electron chi connectivity index (χ4n) is 2.19. The molecule has 0 aromatic rings. The van der Waals surface area contributed by atoms with Crippen molar-refractivity contribution in [2.45, 2.75) is 64.0 Å². The number of unbranched alkanes of at least 4 members (excludes halogenated alkanes) is 1. The number of carbonyl (C=O) groups excluding carboxylic acids is 2. The van der Waals surface area contributed by atoms with E-state index >= 15 is 0 Å². The predicted octanol–water partition coefficient (Wildman–Crippen LogP) is 3.87. The zero-order valence-corrected chi connectivity index (χ0v) is 19.3. The highest BCUT2D eigenvalue weighted by Crippen LogP contribution is 2.38. The van der Waals surface area contributed by atoms with E-state index in [-0.39, 0.29) is 17.4 Å². The van der Waals surface area contributed by atoms with Crippen LogP contribution in [0.5, 0.6) is 0 Å². The Balaban J connectivity index is 1.90. The van der Waals surface area contributed by atoms with Crippen LogP contribution in [0.15, 0.2) is 0 Å². The van der Waals surface area contributed by atoms with Crippen molar-refractivity contribution < 1.29 is 14.3 Å². The fraction of sp³-hybridized carbons (Fsp3) is 0.882. The average Bonchev–Trinajstić information content (AvgIpc) is 2.95. The molecular formula is C17H32N2O3S4. The number of esters is 1. The van der Waals surface area contributed by atoms with E-state index in [4.69, 9.17) is 10.5 Å². The summed E-state index contributed by atoms with van der Waals surface area (Å²) in [6.45, 7) is 6.33. The van der Waals surface area contributed by atoms with Crippen LogP contribution in [0, 0.1) is 0 Å². The van der Waals surface area contributed by atoms with Crippen molar-refractivity contribution in [3.8, 4) is 0 Å². The molecule has 1 amide bonds. The molecule has 152 valence electrons. The number of carbonyl (C=O) groups is 2. The maximum atomic E-state index is 11.8. The second-order valence-corrected chi connectivity index (χ2v) is 12.6. The van der Waals surface area contributed by atoms with Crippen LogP contribution in [0.4, 0.5) is 0 Å². The molecule has 5 nitrogen and oxygen atoms in total. The number of ether oxygens (including phenoxy) is 1. The van der Waals surface area contributed by atoms with Gasteiger partial charge in [0.2, 0.25) is 5.91 Å². The van der Waals surface area contributed by atoms with Crippen LogP contribution >= 0.6 is 43.2 Å². The lowest BCUT2D eigenvalue weighted by Gasteiger charge is -2.21. The van der Waals surface area contributed by atoms with E-state index in [1.54, 1.807) is 21.6 Å². The third-order valence-electron chi connectivity index (χ3n) is 3.51. The van der Waals surface area contributed by atoms with Gasteiger partial charge < -0.3 is 15.8 Å². The number of nitrogens with two attached hydrogens (primary N) is 1. The Morgan fingerprint density at radius 1 is 1.12 bits per heavy atom. The highest BCUT2D eigenvalue weighted by molar-refractivity contribution is 8.77. The lowest BCUT2D eigenvalue weighted by molar-refractivity contribution is -0.154. The first kappa shape index (κ1) is 24.3. The fourth-order valence-corrected chi connectivity index (χ4v) is 7.32. The van der Waals surface area contributed by atoms with Crippen molar-refractivity contribution in [2.24, 2.45) is 5.73 Å². The molecule has 1 rings (SSSR count). The van der Waals surface area contributed by atoms with E-state index < -0.39 is 5.60 Å². The SMILES string of the molecule is CC(C)(C)OC(=O)CCSSCCC(=O)NCCCCC1(N)CSSC1.